The minimum Gasteiger partial charge on any atom is -0.356 e. The quantitative estimate of drug-likeness (QED) is 0.837. The summed E-state index contributed by atoms with van der Waals surface area (Å²) in [6, 6.07) is 5.48. The minimum absolute atomic E-state index is 0.0375. The molecule has 0 bridgehead atoms. The highest BCUT2D eigenvalue weighted by Crippen LogP contribution is 2.22. The fraction of sp³-hybridized carbons (Fsp3) is 0.417. The molecular weight excluding hydrogens is 259 g/mol. The van der Waals surface area contributed by atoms with Crippen LogP contribution in [0, 0.1) is 0 Å². The lowest BCUT2D eigenvalue weighted by atomic mass is 10.1. The Morgan fingerprint density at radius 3 is 2.71 bits per heavy atom. The van der Waals surface area contributed by atoms with Crippen LogP contribution in [0.25, 0.3) is 0 Å². The number of nitrogens with one attached hydrogen (secondary N) is 1. The van der Waals surface area contributed by atoms with Crippen LogP contribution in [0.3, 0.4) is 0 Å². The monoisotopic (exact) mass is 274 g/mol. The second-order valence-electron chi connectivity index (χ2n) is 3.74. The van der Waals surface area contributed by atoms with E-state index in [0.717, 1.165) is 18.4 Å². The van der Waals surface area contributed by atoms with Crippen molar-refractivity contribution in [3.8, 4) is 0 Å². The Labute approximate surface area is 111 Å². The highest BCUT2D eigenvalue weighted by Gasteiger charge is 2.02. The normalized spacial score (nSPS) is 10.3. The third-order valence-corrected chi connectivity index (χ3v) is 3.07. The van der Waals surface area contributed by atoms with Crippen LogP contribution in [0.15, 0.2) is 18.2 Å². The summed E-state index contributed by atoms with van der Waals surface area (Å²) in [6.07, 6.45) is 1.95. The summed E-state index contributed by atoms with van der Waals surface area (Å²) < 4.78 is 0. The average molecular weight is 275 g/mol. The Bertz CT molecular complexity index is 383. The van der Waals surface area contributed by atoms with Crippen LogP contribution in [0.4, 0.5) is 0 Å². The summed E-state index contributed by atoms with van der Waals surface area (Å²) in [5.41, 5.74) is 6.37. The Kier molecular flexibility index (Phi) is 6.34. The second-order valence-corrected chi connectivity index (χ2v) is 4.56. The molecule has 0 fully saturated rings. The first-order valence-corrected chi connectivity index (χ1v) is 6.29. The van der Waals surface area contributed by atoms with Crippen molar-refractivity contribution in [2.24, 2.45) is 5.73 Å². The van der Waals surface area contributed by atoms with Crippen molar-refractivity contribution in [1.29, 1.82) is 0 Å². The van der Waals surface area contributed by atoms with Gasteiger partial charge in [-0.1, -0.05) is 29.3 Å². The van der Waals surface area contributed by atoms with Gasteiger partial charge in [-0.05, 0) is 37.1 Å². The number of hydrogen-bond donors (Lipinski definition) is 2. The average Bonchev–Trinajstić information content (AvgIpc) is 2.31. The summed E-state index contributed by atoms with van der Waals surface area (Å²) >= 11 is 11.7. The van der Waals surface area contributed by atoms with Crippen LogP contribution >= 0.6 is 23.2 Å². The molecule has 0 aliphatic carbocycles. The van der Waals surface area contributed by atoms with E-state index in [1.807, 2.05) is 12.1 Å². The molecular formula is C12H16Cl2N2O. The topological polar surface area (TPSA) is 55.1 Å². The zero-order chi connectivity index (χ0) is 12.7. The number of halogens is 2. The third kappa shape index (κ3) is 5.39. The zero-order valence-corrected chi connectivity index (χ0v) is 11.0. The summed E-state index contributed by atoms with van der Waals surface area (Å²) in [6.45, 7) is 1.14. The molecule has 3 N–H and O–H groups in total. The first-order valence-electron chi connectivity index (χ1n) is 5.54. The molecule has 0 aliphatic heterocycles. The first kappa shape index (κ1) is 14.3. The van der Waals surface area contributed by atoms with Crippen LogP contribution in [-0.2, 0) is 11.2 Å². The predicted molar refractivity (Wildman–Crippen MR) is 71.5 cm³/mol. The smallest absolute Gasteiger partial charge is 0.220 e. The van der Waals surface area contributed by atoms with Crippen molar-refractivity contribution < 1.29 is 4.79 Å². The van der Waals surface area contributed by atoms with E-state index < -0.39 is 0 Å². The van der Waals surface area contributed by atoms with Crippen molar-refractivity contribution in [3.63, 3.8) is 0 Å². The molecule has 0 aliphatic rings. The summed E-state index contributed by atoms with van der Waals surface area (Å²) in [4.78, 5) is 11.3. The van der Waals surface area contributed by atoms with E-state index in [9.17, 15) is 4.79 Å². The van der Waals surface area contributed by atoms with E-state index in [-0.39, 0.29) is 5.91 Å². The van der Waals surface area contributed by atoms with Gasteiger partial charge in [0.1, 0.15) is 0 Å². The molecule has 17 heavy (non-hydrogen) atoms. The largest absolute Gasteiger partial charge is 0.356 e. The lowest BCUT2D eigenvalue weighted by Crippen LogP contribution is -2.25. The molecule has 3 nitrogen and oxygen atoms in total. The van der Waals surface area contributed by atoms with E-state index in [1.54, 1.807) is 6.07 Å². The molecule has 0 unspecified atom stereocenters. The molecule has 1 amide bonds. The fourth-order valence-corrected chi connectivity index (χ4v) is 1.71. The molecule has 0 spiro atoms. The van der Waals surface area contributed by atoms with Crippen LogP contribution in [-0.4, -0.2) is 19.0 Å². The van der Waals surface area contributed by atoms with Crippen molar-refractivity contribution >= 4 is 29.1 Å². The highest BCUT2D eigenvalue weighted by molar-refractivity contribution is 6.42. The standard InChI is InChI=1S/C12H16Cl2N2O/c13-10-4-3-9(8-11(10)14)5-7-16-12(17)2-1-6-15/h3-4,8H,1-2,5-7,15H2,(H,16,17). The van der Waals surface area contributed by atoms with E-state index in [4.69, 9.17) is 28.9 Å². The lowest BCUT2D eigenvalue weighted by molar-refractivity contribution is -0.121. The van der Waals surface area contributed by atoms with Gasteiger partial charge in [-0.2, -0.15) is 0 Å². The minimum atomic E-state index is 0.0375. The van der Waals surface area contributed by atoms with Gasteiger partial charge in [0, 0.05) is 13.0 Å². The molecule has 0 aromatic heterocycles. The van der Waals surface area contributed by atoms with Gasteiger partial charge >= 0.3 is 0 Å². The summed E-state index contributed by atoms with van der Waals surface area (Å²) in [7, 11) is 0. The Morgan fingerprint density at radius 2 is 2.06 bits per heavy atom. The first-order chi connectivity index (χ1) is 8.13. The Balaban J connectivity index is 2.30. The molecule has 1 rings (SSSR count). The van der Waals surface area contributed by atoms with Gasteiger partial charge in [-0.15, -0.1) is 0 Å². The Hall–Kier alpha value is -0.770. The van der Waals surface area contributed by atoms with Crippen molar-refractivity contribution in [3.05, 3.63) is 33.8 Å². The third-order valence-electron chi connectivity index (χ3n) is 2.33. The number of nitrogens with two attached hydrogens (primary N) is 1. The Morgan fingerprint density at radius 1 is 1.29 bits per heavy atom. The number of amides is 1. The van der Waals surface area contributed by atoms with Crippen LogP contribution in [0.2, 0.25) is 10.0 Å². The van der Waals surface area contributed by atoms with Gasteiger partial charge in [-0.3, -0.25) is 4.79 Å². The van der Waals surface area contributed by atoms with E-state index in [0.29, 0.717) is 29.6 Å². The summed E-state index contributed by atoms with van der Waals surface area (Å²) in [5, 5.41) is 3.91. The van der Waals surface area contributed by atoms with Crippen molar-refractivity contribution in [2.45, 2.75) is 19.3 Å². The van der Waals surface area contributed by atoms with Gasteiger partial charge in [0.2, 0.25) is 5.91 Å². The molecule has 0 saturated carbocycles. The molecule has 1 aromatic rings. The van der Waals surface area contributed by atoms with Gasteiger partial charge in [0.25, 0.3) is 0 Å². The second kappa shape index (κ2) is 7.54. The van der Waals surface area contributed by atoms with Gasteiger partial charge in [0.15, 0.2) is 0 Å². The number of hydrogen-bond acceptors (Lipinski definition) is 2. The maximum absolute atomic E-state index is 11.3. The fourth-order valence-electron chi connectivity index (χ4n) is 1.39. The highest BCUT2D eigenvalue weighted by atomic mass is 35.5. The van der Waals surface area contributed by atoms with Gasteiger partial charge in [-0.25, -0.2) is 0 Å². The van der Waals surface area contributed by atoms with Crippen LogP contribution in [0.1, 0.15) is 18.4 Å². The molecule has 1 aromatic carbocycles. The maximum Gasteiger partial charge on any atom is 0.220 e. The lowest BCUT2D eigenvalue weighted by Gasteiger charge is -2.05. The number of carbonyl (C=O) groups excluding carboxylic acids is 1. The molecule has 0 saturated heterocycles. The molecule has 0 radical (unpaired) electrons. The van der Waals surface area contributed by atoms with Crippen molar-refractivity contribution in [1.82, 2.24) is 5.32 Å². The predicted octanol–water partition coefficient (Wildman–Crippen LogP) is 2.39. The molecule has 0 atom stereocenters. The van der Waals surface area contributed by atoms with Gasteiger partial charge < -0.3 is 11.1 Å². The van der Waals surface area contributed by atoms with E-state index in [2.05, 4.69) is 5.32 Å². The van der Waals surface area contributed by atoms with Crippen LogP contribution in [0.5, 0.6) is 0 Å². The molecule has 5 heteroatoms. The van der Waals surface area contributed by atoms with Crippen LogP contribution < -0.4 is 11.1 Å². The summed E-state index contributed by atoms with van der Waals surface area (Å²) in [5.74, 6) is 0.0375. The maximum atomic E-state index is 11.3. The van der Waals surface area contributed by atoms with E-state index >= 15 is 0 Å². The van der Waals surface area contributed by atoms with Crippen molar-refractivity contribution in [2.75, 3.05) is 13.1 Å². The number of benzene rings is 1. The zero-order valence-electron chi connectivity index (χ0n) is 9.51. The number of rotatable bonds is 6. The number of carbonyl (C=O) groups is 1. The van der Waals surface area contributed by atoms with E-state index in [1.165, 1.54) is 0 Å². The SMILES string of the molecule is NCCCC(=O)NCCc1ccc(Cl)c(Cl)c1. The van der Waals surface area contributed by atoms with Gasteiger partial charge in [0.05, 0.1) is 10.0 Å². The molecule has 94 valence electrons. The molecule has 0 heterocycles.